The average molecular weight is 625 g/mol. The summed E-state index contributed by atoms with van der Waals surface area (Å²) in [7, 11) is -1.91. The summed E-state index contributed by atoms with van der Waals surface area (Å²) in [6.45, 7) is 22.6. The summed E-state index contributed by atoms with van der Waals surface area (Å²) >= 11 is 0. The first-order valence-electron chi connectivity index (χ1n) is 16.0. The van der Waals surface area contributed by atoms with E-state index in [4.69, 9.17) is 14.3 Å². The van der Waals surface area contributed by atoms with Crippen molar-refractivity contribution in [2.75, 3.05) is 19.7 Å². The van der Waals surface area contributed by atoms with Crippen molar-refractivity contribution in [3.63, 3.8) is 0 Å². The van der Waals surface area contributed by atoms with Crippen molar-refractivity contribution in [1.82, 2.24) is 19.7 Å². The molecule has 8 heteroatoms. The van der Waals surface area contributed by atoms with Crippen LogP contribution in [-0.2, 0) is 17.6 Å². The fourth-order valence-electron chi connectivity index (χ4n) is 5.61. The minimum Gasteiger partial charge on any atom is -0.488 e. The van der Waals surface area contributed by atoms with Crippen molar-refractivity contribution in [2.24, 2.45) is 0 Å². The van der Waals surface area contributed by atoms with Gasteiger partial charge in [-0.05, 0) is 90.0 Å². The van der Waals surface area contributed by atoms with Gasteiger partial charge in [-0.25, -0.2) is 0 Å². The second-order valence-electron chi connectivity index (χ2n) is 14.1. The Kier molecular flexibility index (Phi) is 9.38. The number of rotatable bonds is 10. The maximum atomic E-state index is 14.2. The fourth-order valence-corrected chi connectivity index (χ4v) is 6.65. The van der Waals surface area contributed by atoms with Crippen molar-refractivity contribution < 1.29 is 14.0 Å². The molecule has 0 N–H and O–H groups in total. The van der Waals surface area contributed by atoms with Crippen molar-refractivity contribution in [1.29, 1.82) is 0 Å². The number of carbonyl (C=O) groups excluding carboxylic acids is 1. The van der Waals surface area contributed by atoms with Gasteiger partial charge in [0, 0.05) is 36.6 Å². The Labute approximate surface area is 269 Å². The Bertz CT molecular complexity index is 1630. The van der Waals surface area contributed by atoms with E-state index in [1.165, 1.54) is 5.56 Å². The van der Waals surface area contributed by atoms with E-state index in [-0.39, 0.29) is 10.9 Å². The van der Waals surface area contributed by atoms with Gasteiger partial charge in [-0.1, -0.05) is 58.9 Å². The molecule has 2 aromatic carbocycles. The minimum atomic E-state index is -1.91. The van der Waals surface area contributed by atoms with Crippen LogP contribution in [0, 0.1) is 13.8 Å². The molecule has 2 aromatic heterocycles. The van der Waals surface area contributed by atoms with E-state index >= 15 is 0 Å². The van der Waals surface area contributed by atoms with Crippen LogP contribution in [0.25, 0.3) is 22.4 Å². The molecule has 0 aliphatic carbocycles. The monoisotopic (exact) mass is 624 g/mol. The van der Waals surface area contributed by atoms with Gasteiger partial charge in [0.2, 0.25) is 0 Å². The first-order valence-corrected chi connectivity index (χ1v) is 19.0. The number of ether oxygens (including phenoxy) is 1. The van der Waals surface area contributed by atoms with Gasteiger partial charge < -0.3 is 14.1 Å². The van der Waals surface area contributed by atoms with Crippen LogP contribution in [-0.4, -0.2) is 53.6 Å². The van der Waals surface area contributed by atoms with Gasteiger partial charge in [-0.2, -0.15) is 5.10 Å². The van der Waals surface area contributed by atoms with Crippen LogP contribution >= 0.6 is 0 Å². The van der Waals surface area contributed by atoms with Gasteiger partial charge in [0.1, 0.15) is 23.7 Å². The van der Waals surface area contributed by atoms with Gasteiger partial charge in [0.15, 0.2) is 8.32 Å². The normalized spacial score (nSPS) is 13.8. The molecule has 1 aliphatic rings. The Balaban J connectivity index is 1.45. The first kappa shape index (κ1) is 32.6. The van der Waals surface area contributed by atoms with Crippen LogP contribution in [0.3, 0.4) is 0 Å². The third-order valence-electron chi connectivity index (χ3n) is 9.39. The smallest absolute Gasteiger partial charge is 0.272 e. The Morgan fingerprint density at radius 2 is 1.58 bits per heavy atom. The molecule has 3 heterocycles. The van der Waals surface area contributed by atoms with Crippen molar-refractivity contribution in [3.8, 4) is 28.1 Å². The maximum Gasteiger partial charge on any atom is 0.272 e. The van der Waals surface area contributed by atoms with Crippen molar-refractivity contribution in [3.05, 3.63) is 88.9 Å². The number of hydrogen-bond acceptors (Lipinski definition) is 5. The molecule has 1 amide bonds. The maximum absolute atomic E-state index is 14.2. The summed E-state index contributed by atoms with van der Waals surface area (Å²) in [6, 6.07) is 16.8. The number of benzene rings is 2. The summed E-state index contributed by atoms with van der Waals surface area (Å²) in [4.78, 5) is 20.3. The lowest BCUT2D eigenvalue weighted by Gasteiger charge is -2.37. The van der Waals surface area contributed by atoms with E-state index in [1.54, 1.807) is 12.4 Å². The van der Waals surface area contributed by atoms with E-state index in [0.29, 0.717) is 44.5 Å². The third kappa shape index (κ3) is 6.92. The number of aromatic nitrogens is 3. The van der Waals surface area contributed by atoms with Gasteiger partial charge in [0.05, 0.1) is 13.2 Å². The van der Waals surface area contributed by atoms with Crippen LogP contribution in [0.2, 0.25) is 18.1 Å². The molecule has 0 saturated carbocycles. The van der Waals surface area contributed by atoms with Crippen molar-refractivity contribution >= 4 is 14.2 Å². The second kappa shape index (κ2) is 12.9. The molecule has 0 unspecified atom stereocenters. The molecule has 7 nitrogen and oxygen atoms in total. The third-order valence-corrected chi connectivity index (χ3v) is 13.9. The van der Waals surface area contributed by atoms with Gasteiger partial charge in [0.25, 0.3) is 5.91 Å². The zero-order chi connectivity index (χ0) is 32.5. The zero-order valence-electron chi connectivity index (χ0n) is 28.4. The largest absolute Gasteiger partial charge is 0.488 e. The lowest BCUT2D eigenvalue weighted by atomic mass is 9.95. The van der Waals surface area contributed by atoms with Crippen molar-refractivity contribution in [2.45, 2.75) is 85.7 Å². The summed E-state index contributed by atoms with van der Waals surface area (Å²) in [6.07, 6.45) is 3.54. The molecule has 45 heavy (non-hydrogen) atoms. The van der Waals surface area contributed by atoms with Crippen LogP contribution in [0.15, 0.2) is 60.9 Å². The van der Waals surface area contributed by atoms with E-state index in [1.807, 2.05) is 21.7 Å². The molecule has 0 radical (unpaired) electrons. The molecule has 0 bridgehead atoms. The van der Waals surface area contributed by atoms with E-state index in [0.717, 1.165) is 44.8 Å². The molecule has 0 atom stereocenters. The van der Waals surface area contributed by atoms with Crippen LogP contribution in [0.4, 0.5) is 0 Å². The molecule has 0 saturated heterocycles. The van der Waals surface area contributed by atoms with Crippen LogP contribution in [0.5, 0.6) is 5.75 Å². The molecule has 1 aliphatic heterocycles. The first-order chi connectivity index (χ1) is 21.3. The number of fused-ring (bicyclic) bond motifs is 1. The highest BCUT2D eigenvalue weighted by atomic mass is 28.4. The van der Waals surface area contributed by atoms with Crippen LogP contribution < -0.4 is 4.74 Å². The SMILES string of the molecule is Cc1cc(-c2c(-c3ccncc3)nn3c2C(=O)N(CCO[Si](C)(C)C(C)(C)C)CC3)cc(C)c1OCc1ccc(C(C)C)cc1. The molecule has 238 valence electrons. The number of carbonyl (C=O) groups is 1. The predicted octanol–water partition coefficient (Wildman–Crippen LogP) is 8.41. The molecule has 4 aromatic rings. The molecule has 5 rings (SSSR count). The second-order valence-corrected chi connectivity index (χ2v) is 18.9. The number of amides is 1. The molecule has 0 spiro atoms. The van der Waals surface area contributed by atoms with E-state index in [2.05, 4.69) is 103 Å². The van der Waals surface area contributed by atoms with Crippen LogP contribution in [0.1, 0.15) is 73.3 Å². The molecular weight excluding hydrogens is 577 g/mol. The summed E-state index contributed by atoms with van der Waals surface area (Å²) < 4.78 is 14.7. The highest BCUT2D eigenvalue weighted by molar-refractivity contribution is 6.74. The summed E-state index contributed by atoms with van der Waals surface area (Å²) in [5.74, 6) is 1.36. The highest BCUT2D eigenvalue weighted by Crippen LogP contribution is 2.40. The Hall–Kier alpha value is -3.75. The topological polar surface area (TPSA) is 69.5 Å². The lowest BCUT2D eigenvalue weighted by Crippen LogP contribution is -2.46. The summed E-state index contributed by atoms with van der Waals surface area (Å²) in [5.41, 5.74) is 8.65. The average Bonchev–Trinajstić information content (AvgIpc) is 3.38. The molecular formula is C37H48N4O3Si. The predicted molar refractivity (Wildman–Crippen MR) is 184 cm³/mol. The zero-order valence-corrected chi connectivity index (χ0v) is 29.4. The van der Waals surface area contributed by atoms with Gasteiger partial charge in [-0.15, -0.1) is 0 Å². The van der Waals surface area contributed by atoms with Gasteiger partial charge >= 0.3 is 0 Å². The number of pyridine rings is 1. The number of aryl methyl sites for hydroxylation is 2. The lowest BCUT2D eigenvalue weighted by molar-refractivity contribution is 0.0666. The minimum absolute atomic E-state index is 0.0108. The standard InChI is InChI=1S/C37H48N4O3Si/c1-25(2)29-12-10-28(11-13-29)24-43-35-26(3)22-31(23-27(35)4)32-33(30-14-16-38-17-15-30)39-41-19-18-40(36(42)34(32)41)20-21-44-45(8,9)37(5,6)7/h10-17,22-23,25H,18-21,24H2,1-9H3. The van der Waals surface area contributed by atoms with E-state index in [9.17, 15) is 4.79 Å². The Morgan fingerprint density at radius 1 is 0.933 bits per heavy atom. The number of nitrogens with zero attached hydrogens (tertiary/aromatic N) is 4. The quantitative estimate of drug-likeness (QED) is 0.166. The molecule has 0 fully saturated rings. The number of hydrogen-bond donors (Lipinski definition) is 0. The van der Waals surface area contributed by atoms with Gasteiger partial charge in [-0.3, -0.25) is 14.5 Å². The fraction of sp³-hybridized carbons (Fsp3) is 0.432. The van der Waals surface area contributed by atoms with E-state index < -0.39 is 8.32 Å². The highest BCUT2D eigenvalue weighted by Gasteiger charge is 2.38. The Morgan fingerprint density at radius 3 is 2.18 bits per heavy atom. The summed E-state index contributed by atoms with van der Waals surface area (Å²) in [5, 5.41) is 5.12.